The van der Waals surface area contributed by atoms with Crippen LogP contribution >= 0.6 is 11.6 Å². The number of amides is 2. The Hall–Kier alpha value is -2.20. The maximum Gasteiger partial charge on any atom is 0.324 e. The first-order valence-corrected chi connectivity index (χ1v) is 8.31. The number of carbonyl (C=O) groups excluding carboxylic acids is 1. The molecular formula is C19H23ClN2O2. The zero-order valence-electron chi connectivity index (χ0n) is 14.5. The first-order chi connectivity index (χ1) is 11.4. The molecule has 2 amide bonds. The Balaban J connectivity index is 1.97. The Labute approximate surface area is 148 Å². The lowest BCUT2D eigenvalue weighted by molar-refractivity contribution is 0.229. The van der Waals surface area contributed by atoms with Crippen LogP contribution in [0.15, 0.2) is 36.4 Å². The van der Waals surface area contributed by atoms with E-state index in [4.69, 9.17) is 16.3 Å². The summed E-state index contributed by atoms with van der Waals surface area (Å²) in [5, 5.41) is 3.52. The largest absolute Gasteiger partial charge is 0.473 e. The molecule has 0 atom stereocenters. The Kier molecular flexibility index (Phi) is 6.10. The Morgan fingerprint density at radius 3 is 2.42 bits per heavy atom. The van der Waals surface area contributed by atoms with E-state index in [1.807, 2.05) is 64.1 Å². The van der Waals surface area contributed by atoms with E-state index in [1.54, 1.807) is 4.90 Å². The van der Waals surface area contributed by atoms with Gasteiger partial charge in [-0.2, -0.15) is 0 Å². The second-order valence-electron chi connectivity index (χ2n) is 5.72. The number of urea groups is 1. The standard InChI is InChI=1S/C19H23ClN2O2/c1-5-22(16-8-6-7-13(2)9-16)19(23)21-12-24-17-10-14(3)18(20)15(4)11-17/h6-11H,5,12H2,1-4H3,(H,21,23). The predicted octanol–water partition coefficient (Wildman–Crippen LogP) is 4.84. The summed E-state index contributed by atoms with van der Waals surface area (Å²) in [6, 6.07) is 11.4. The SMILES string of the molecule is CCN(C(=O)NCOc1cc(C)c(Cl)c(C)c1)c1cccc(C)c1. The molecule has 0 heterocycles. The molecule has 0 aliphatic rings. The number of aryl methyl sites for hydroxylation is 3. The second-order valence-corrected chi connectivity index (χ2v) is 6.10. The molecule has 2 aromatic rings. The lowest BCUT2D eigenvalue weighted by Crippen LogP contribution is -2.41. The van der Waals surface area contributed by atoms with Crippen molar-refractivity contribution in [2.75, 3.05) is 18.2 Å². The summed E-state index contributed by atoms with van der Waals surface area (Å²) in [7, 11) is 0. The van der Waals surface area contributed by atoms with Crippen molar-refractivity contribution in [2.24, 2.45) is 0 Å². The van der Waals surface area contributed by atoms with Gasteiger partial charge in [0.2, 0.25) is 0 Å². The van der Waals surface area contributed by atoms with Crippen molar-refractivity contribution in [2.45, 2.75) is 27.7 Å². The van der Waals surface area contributed by atoms with Crippen LogP contribution in [0.5, 0.6) is 5.75 Å². The summed E-state index contributed by atoms with van der Waals surface area (Å²) in [6.07, 6.45) is 0. The van der Waals surface area contributed by atoms with Crippen LogP contribution in [0.3, 0.4) is 0 Å². The van der Waals surface area contributed by atoms with Crippen molar-refractivity contribution in [3.63, 3.8) is 0 Å². The number of hydrogen-bond donors (Lipinski definition) is 1. The third-order valence-electron chi connectivity index (χ3n) is 3.75. The molecule has 0 saturated carbocycles. The third-order valence-corrected chi connectivity index (χ3v) is 4.34. The van der Waals surface area contributed by atoms with Gasteiger partial charge in [0, 0.05) is 17.3 Å². The number of nitrogens with one attached hydrogen (secondary N) is 1. The van der Waals surface area contributed by atoms with Gasteiger partial charge in [0.15, 0.2) is 6.73 Å². The van der Waals surface area contributed by atoms with Gasteiger partial charge in [-0.25, -0.2) is 4.79 Å². The fraction of sp³-hybridized carbons (Fsp3) is 0.316. The Morgan fingerprint density at radius 2 is 1.83 bits per heavy atom. The van der Waals surface area contributed by atoms with Gasteiger partial charge < -0.3 is 10.1 Å². The van der Waals surface area contributed by atoms with Gasteiger partial charge in [-0.1, -0.05) is 23.7 Å². The molecule has 0 aliphatic carbocycles. The molecule has 128 valence electrons. The average molecular weight is 347 g/mol. The molecule has 0 saturated heterocycles. The molecule has 0 spiro atoms. The van der Waals surface area contributed by atoms with Crippen LogP contribution in [-0.2, 0) is 0 Å². The Morgan fingerprint density at radius 1 is 1.17 bits per heavy atom. The molecule has 0 fully saturated rings. The van der Waals surface area contributed by atoms with Crippen molar-refractivity contribution >= 4 is 23.3 Å². The van der Waals surface area contributed by atoms with Crippen LogP contribution in [0.1, 0.15) is 23.6 Å². The van der Waals surface area contributed by atoms with Crippen molar-refractivity contribution in [1.29, 1.82) is 0 Å². The maximum absolute atomic E-state index is 12.4. The number of rotatable bonds is 5. The summed E-state index contributed by atoms with van der Waals surface area (Å²) in [6.45, 7) is 8.48. The van der Waals surface area contributed by atoms with Crippen LogP contribution < -0.4 is 15.0 Å². The van der Waals surface area contributed by atoms with E-state index < -0.39 is 0 Å². The monoisotopic (exact) mass is 346 g/mol. The van der Waals surface area contributed by atoms with Crippen molar-refractivity contribution in [3.05, 3.63) is 58.1 Å². The van der Waals surface area contributed by atoms with Gasteiger partial charge in [-0.3, -0.25) is 4.90 Å². The molecular weight excluding hydrogens is 324 g/mol. The minimum Gasteiger partial charge on any atom is -0.473 e. The lowest BCUT2D eigenvalue weighted by Gasteiger charge is -2.22. The molecule has 2 aromatic carbocycles. The normalized spacial score (nSPS) is 10.4. The lowest BCUT2D eigenvalue weighted by atomic mass is 10.1. The molecule has 0 bridgehead atoms. The first kappa shape index (κ1) is 18.1. The quantitative estimate of drug-likeness (QED) is 0.787. The summed E-state index contributed by atoms with van der Waals surface area (Å²) in [4.78, 5) is 14.1. The molecule has 24 heavy (non-hydrogen) atoms. The fourth-order valence-electron chi connectivity index (χ4n) is 2.51. The minimum absolute atomic E-state index is 0.0989. The highest BCUT2D eigenvalue weighted by atomic mass is 35.5. The molecule has 4 nitrogen and oxygen atoms in total. The van der Waals surface area contributed by atoms with Gasteiger partial charge in [0.05, 0.1) is 0 Å². The van der Waals surface area contributed by atoms with Crippen LogP contribution in [-0.4, -0.2) is 19.3 Å². The van der Waals surface area contributed by atoms with E-state index in [9.17, 15) is 4.79 Å². The van der Waals surface area contributed by atoms with Gasteiger partial charge in [0.25, 0.3) is 0 Å². The van der Waals surface area contributed by atoms with Gasteiger partial charge >= 0.3 is 6.03 Å². The Bertz CT molecular complexity index is 708. The van der Waals surface area contributed by atoms with E-state index in [0.717, 1.165) is 27.4 Å². The summed E-state index contributed by atoms with van der Waals surface area (Å²) in [5.41, 5.74) is 3.89. The molecule has 0 unspecified atom stereocenters. The van der Waals surface area contributed by atoms with E-state index in [2.05, 4.69) is 5.32 Å². The zero-order chi connectivity index (χ0) is 17.7. The van der Waals surface area contributed by atoms with E-state index in [1.165, 1.54) is 0 Å². The van der Waals surface area contributed by atoms with Crippen LogP contribution in [0.4, 0.5) is 10.5 Å². The fourth-order valence-corrected chi connectivity index (χ4v) is 2.61. The highest BCUT2D eigenvalue weighted by molar-refractivity contribution is 6.32. The number of nitrogens with zero attached hydrogens (tertiary/aromatic N) is 1. The number of ether oxygens (including phenoxy) is 1. The zero-order valence-corrected chi connectivity index (χ0v) is 15.3. The summed E-state index contributed by atoms with van der Waals surface area (Å²) in [5.74, 6) is 0.688. The minimum atomic E-state index is -0.189. The molecule has 1 N–H and O–H groups in total. The number of hydrogen-bond acceptors (Lipinski definition) is 2. The number of anilines is 1. The summed E-state index contributed by atoms with van der Waals surface area (Å²) >= 11 is 6.14. The van der Waals surface area contributed by atoms with Crippen LogP contribution in [0.2, 0.25) is 5.02 Å². The molecule has 0 aliphatic heterocycles. The van der Waals surface area contributed by atoms with E-state index in [-0.39, 0.29) is 12.8 Å². The topological polar surface area (TPSA) is 41.6 Å². The van der Waals surface area contributed by atoms with Crippen molar-refractivity contribution in [3.8, 4) is 5.75 Å². The smallest absolute Gasteiger partial charge is 0.324 e. The maximum atomic E-state index is 12.4. The van der Waals surface area contributed by atoms with Gasteiger partial charge in [-0.15, -0.1) is 0 Å². The molecule has 0 aromatic heterocycles. The number of carbonyl (C=O) groups is 1. The molecule has 2 rings (SSSR count). The van der Waals surface area contributed by atoms with E-state index >= 15 is 0 Å². The third kappa shape index (κ3) is 4.42. The highest BCUT2D eigenvalue weighted by Crippen LogP contribution is 2.25. The molecule has 5 heteroatoms. The number of halogens is 1. The van der Waals surface area contributed by atoms with Gasteiger partial charge in [0.1, 0.15) is 5.75 Å². The van der Waals surface area contributed by atoms with Crippen LogP contribution in [0.25, 0.3) is 0 Å². The van der Waals surface area contributed by atoms with E-state index in [0.29, 0.717) is 12.3 Å². The second kappa shape index (κ2) is 8.06. The first-order valence-electron chi connectivity index (χ1n) is 7.94. The van der Waals surface area contributed by atoms with Crippen molar-refractivity contribution in [1.82, 2.24) is 5.32 Å². The predicted molar refractivity (Wildman–Crippen MR) is 99.2 cm³/mol. The number of benzene rings is 2. The molecule has 0 radical (unpaired) electrons. The van der Waals surface area contributed by atoms with Crippen LogP contribution in [0, 0.1) is 20.8 Å². The highest BCUT2D eigenvalue weighted by Gasteiger charge is 2.13. The van der Waals surface area contributed by atoms with Crippen molar-refractivity contribution < 1.29 is 9.53 Å². The average Bonchev–Trinajstić information content (AvgIpc) is 2.53. The van der Waals surface area contributed by atoms with Gasteiger partial charge in [-0.05, 0) is 68.7 Å². The summed E-state index contributed by atoms with van der Waals surface area (Å²) < 4.78 is 5.63.